The Morgan fingerprint density at radius 3 is 1.80 bits per heavy atom. The second-order valence-corrected chi connectivity index (χ2v) is 8.12. The number of halogens is 9. The second-order valence-electron chi connectivity index (χ2n) is 8.12. The summed E-state index contributed by atoms with van der Waals surface area (Å²) >= 11 is 0. The van der Waals surface area contributed by atoms with Crippen molar-refractivity contribution in [2.24, 2.45) is 0 Å². The highest BCUT2D eigenvalue weighted by molar-refractivity contribution is 5.97. The molecule has 2 rings (SSSR count). The molecule has 0 spiro atoms. The van der Waals surface area contributed by atoms with Crippen LogP contribution in [0.5, 0.6) is 5.75 Å². The number of esters is 1. The lowest BCUT2D eigenvalue weighted by Gasteiger charge is -2.45. The number of nitrogens with zero attached hydrogens (tertiary/aromatic N) is 1. The smallest absolute Gasteiger partial charge is 0.439 e. The van der Waals surface area contributed by atoms with Gasteiger partial charge in [-0.3, -0.25) is 4.79 Å². The zero-order valence-corrected chi connectivity index (χ0v) is 21.0. The number of carbonyl (C=O) groups excluding carboxylic acids is 2. The lowest BCUT2D eigenvalue weighted by atomic mass is 9.92. The van der Waals surface area contributed by atoms with Crippen LogP contribution in [-0.4, -0.2) is 61.4 Å². The number of alkyl halides is 9. The molecule has 0 bridgehead atoms. The van der Waals surface area contributed by atoms with Gasteiger partial charge in [0, 0.05) is 18.3 Å². The molecule has 0 unspecified atom stereocenters. The third-order valence-corrected chi connectivity index (χ3v) is 5.70. The van der Waals surface area contributed by atoms with Crippen molar-refractivity contribution in [3.63, 3.8) is 0 Å². The Morgan fingerprint density at radius 2 is 1.35 bits per heavy atom. The van der Waals surface area contributed by atoms with Crippen LogP contribution in [0.2, 0.25) is 0 Å². The minimum Gasteiger partial charge on any atom is -0.493 e. The number of para-hydroxylation sites is 1. The SMILES string of the molecule is CCOC(=O)[C@@](O)(c1ccc(N(C)C(NC(=O)c2ccccc2OCC)(C(F)(F)F)C(F)(F)F)cc1)C(F)(F)F. The van der Waals surface area contributed by atoms with E-state index in [1.807, 2.05) is 0 Å². The molecule has 2 aromatic rings. The highest BCUT2D eigenvalue weighted by atomic mass is 19.4. The normalized spacial score (nSPS) is 14.2. The molecular formula is C24H23F9N2O5. The first-order chi connectivity index (χ1) is 18.3. The molecule has 7 nitrogen and oxygen atoms in total. The zero-order valence-electron chi connectivity index (χ0n) is 21.0. The first-order valence-corrected chi connectivity index (χ1v) is 11.3. The molecule has 1 atom stereocenters. The first-order valence-electron chi connectivity index (χ1n) is 11.3. The molecule has 0 heterocycles. The Balaban J connectivity index is 2.67. The summed E-state index contributed by atoms with van der Waals surface area (Å²) in [6.07, 6.45) is -18.2. The van der Waals surface area contributed by atoms with Crippen LogP contribution in [-0.2, 0) is 15.1 Å². The number of ether oxygens (including phenoxy) is 2. The van der Waals surface area contributed by atoms with Gasteiger partial charge in [-0.1, -0.05) is 24.3 Å². The number of nitrogens with one attached hydrogen (secondary N) is 1. The largest absolute Gasteiger partial charge is 0.493 e. The van der Waals surface area contributed by atoms with E-state index in [2.05, 4.69) is 4.74 Å². The number of rotatable bonds is 9. The summed E-state index contributed by atoms with van der Waals surface area (Å²) in [7, 11) is 0.298. The Labute approximate surface area is 221 Å². The van der Waals surface area contributed by atoms with Gasteiger partial charge in [0.25, 0.3) is 11.5 Å². The van der Waals surface area contributed by atoms with Crippen LogP contribution in [0.4, 0.5) is 45.2 Å². The number of anilines is 1. The molecule has 0 radical (unpaired) electrons. The van der Waals surface area contributed by atoms with E-state index in [0.29, 0.717) is 31.3 Å². The highest BCUT2D eigenvalue weighted by Gasteiger charge is 2.75. The van der Waals surface area contributed by atoms with Gasteiger partial charge in [-0.05, 0) is 38.1 Å². The van der Waals surface area contributed by atoms with Crippen molar-refractivity contribution in [1.29, 1.82) is 0 Å². The van der Waals surface area contributed by atoms with Gasteiger partial charge in [0.2, 0.25) is 0 Å². The molecule has 16 heteroatoms. The van der Waals surface area contributed by atoms with Crippen molar-refractivity contribution >= 4 is 17.6 Å². The Morgan fingerprint density at radius 1 is 0.825 bits per heavy atom. The quantitative estimate of drug-likeness (QED) is 0.241. The van der Waals surface area contributed by atoms with Gasteiger partial charge >= 0.3 is 30.2 Å². The third kappa shape index (κ3) is 5.76. The van der Waals surface area contributed by atoms with E-state index in [1.165, 1.54) is 19.1 Å². The van der Waals surface area contributed by atoms with E-state index in [9.17, 15) is 54.2 Å². The fourth-order valence-electron chi connectivity index (χ4n) is 3.69. The molecule has 0 saturated heterocycles. The summed E-state index contributed by atoms with van der Waals surface area (Å²) in [5, 5.41) is 11.1. The standard InChI is InChI=1S/C24H23F9N2O5/c1-4-39-17-9-7-6-8-16(17)18(36)34-21(23(28,29)30,24(31,32)33)35(3)15-12-10-14(11-13-15)20(38,22(25,26)27)19(37)40-5-2/h6-13,38H,4-5H2,1-3H3,(H,34,36)/t20-/m0/s1. The van der Waals surface area contributed by atoms with Crippen molar-refractivity contribution in [2.75, 3.05) is 25.2 Å². The lowest BCUT2D eigenvalue weighted by molar-refractivity contribution is -0.302. The minimum atomic E-state index is -6.24. The van der Waals surface area contributed by atoms with E-state index in [-0.39, 0.29) is 12.4 Å². The van der Waals surface area contributed by atoms with Crippen molar-refractivity contribution in [1.82, 2.24) is 5.32 Å². The molecular weight excluding hydrogens is 567 g/mol. The monoisotopic (exact) mass is 590 g/mol. The summed E-state index contributed by atoms with van der Waals surface area (Å²) in [5.41, 5.74) is -12.3. The van der Waals surface area contributed by atoms with Gasteiger partial charge in [-0.2, -0.15) is 39.5 Å². The first kappa shape index (κ1) is 32.5. The maximum absolute atomic E-state index is 14.3. The van der Waals surface area contributed by atoms with Crippen molar-refractivity contribution in [3.05, 3.63) is 59.7 Å². The Bertz CT molecular complexity index is 1180. The molecule has 2 aromatic carbocycles. The molecule has 0 aliphatic rings. The van der Waals surface area contributed by atoms with Crippen LogP contribution in [0, 0.1) is 0 Å². The van der Waals surface area contributed by atoms with E-state index < -0.39 is 70.0 Å². The Kier molecular flexibility index (Phi) is 9.29. The average Bonchev–Trinajstić information content (AvgIpc) is 2.84. The number of carbonyl (C=O) groups is 2. The molecule has 1 amide bonds. The van der Waals surface area contributed by atoms with E-state index in [1.54, 1.807) is 0 Å². The van der Waals surface area contributed by atoms with Crippen LogP contribution < -0.4 is 15.0 Å². The van der Waals surface area contributed by atoms with Crippen LogP contribution in [0.3, 0.4) is 0 Å². The average molecular weight is 590 g/mol. The predicted molar refractivity (Wildman–Crippen MR) is 121 cm³/mol. The fraction of sp³-hybridized carbons (Fsp3) is 0.417. The van der Waals surface area contributed by atoms with Gasteiger partial charge in [0.1, 0.15) is 5.75 Å². The van der Waals surface area contributed by atoms with Gasteiger partial charge in [0.05, 0.1) is 18.8 Å². The molecule has 40 heavy (non-hydrogen) atoms. The number of amides is 1. The number of aliphatic hydroxyl groups is 1. The van der Waals surface area contributed by atoms with Crippen molar-refractivity contribution in [3.8, 4) is 5.75 Å². The van der Waals surface area contributed by atoms with Crippen LogP contribution in [0.15, 0.2) is 48.5 Å². The summed E-state index contributed by atoms with van der Waals surface area (Å²) < 4.78 is 136. The zero-order chi connectivity index (χ0) is 30.7. The summed E-state index contributed by atoms with van der Waals surface area (Å²) in [6, 6.07) is 5.94. The van der Waals surface area contributed by atoms with E-state index in [4.69, 9.17) is 4.74 Å². The second kappa shape index (κ2) is 11.4. The summed E-state index contributed by atoms with van der Waals surface area (Å²) in [5.74, 6) is -4.29. The maximum Gasteiger partial charge on any atom is 0.439 e. The van der Waals surface area contributed by atoms with Crippen molar-refractivity contribution < 1.29 is 63.7 Å². The molecule has 0 aliphatic carbocycles. The third-order valence-electron chi connectivity index (χ3n) is 5.70. The van der Waals surface area contributed by atoms with Crippen LogP contribution in [0.25, 0.3) is 0 Å². The molecule has 0 fully saturated rings. The van der Waals surface area contributed by atoms with Crippen LogP contribution in [0.1, 0.15) is 29.8 Å². The molecule has 0 aliphatic heterocycles. The predicted octanol–water partition coefficient (Wildman–Crippen LogP) is 5.09. The van der Waals surface area contributed by atoms with Crippen molar-refractivity contribution in [2.45, 2.75) is 43.6 Å². The van der Waals surface area contributed by atoms with Gasteiger partial charge < -0.3 is 24.8 Å². The minimum absolute atomic E-state index is 0.0731. The van der Waals surface area contributed by atoms with Gasteiger partial charge in [0.15, 0.2) is 0 Å². The topological polar surface area (TPSA) is 88.1 Å². The number of benzene rings is 2. The number of hydrogen-bond donors (Lipinski definition) is 2. The highest BCUT2D eigenvalue weighted by Crippen LogP contribution is 2.47. The number of hydrogen-bond acceptors (Lipinski definition) is 6. The van der Waals surface area contributed by atoms with Gasteiger partial charge in [-0.15, -0.1) is 0 Å². The van der Waals surface area contributed by atoms with E-state index in [0.717, 1.165) is 24.4 Å². The molecule has 0 saturated carbocycles. The summed E-state index contributed by atoms with van der Waals surface area (Å²) in [6.45, 7) is 1.95. The Hall–Kier alpha value is -3.69. The lowest BCUT2D eigenvalue weighted by Crippen LogP contribution is -2.75. The summed E-state index contributed by atoms with van der Waals surface area (Å²) in [4.78, 5) is 24.3. The maximum atomic E-state index is 14.3. The van der Waals surface area contributed by atoms with Gasteiger partial charge in [-0.25, -0.2) is 4.79 Å². The molecule has 222 valence electrons. The van der Waals surface area contributed by atoms with Crippen LogP contribution >= 0.6 is 0 Å². The molecule has 0 aromatic heterocycles. The van der Waals surface area contributed by atoms with E-state index >= 15 is 0 Å². The fourth-order valence-corrected chi connectivity index (χ4v) is 3.69. The molecule has 2 N–H and O–H groups in total.